The van der Waals surface area contributed by atoms with Crippen LogP contribution >= 0.6 is 0 Å². The van der Waals surface area contributed by atoms with Crippen molar-refractivity contribution in [2.75, 3.05) is 5.32 Å². The normalized spacial score (nSPS) is 21.5. The maximum Gasteiger partial charge on any atom is 0.228 e. The summed E-state index contributed by atoms with van der Waals surface area (Å²) in [7, 11) is 0. The maximum absolute atomic E-state index is 13.0. The highest BCUT2D eigenvalue weighted by Crippen LogP contribution is 2.26. The van der Waals surface area contributed by atoms with Gasteiger partial charge in [0.15, 0.2) is 11.6 Å². The van der Waals surface area contributed by atoms with Crippen LogP contribution in [-0.2, 0) is 9.59 Å². The van der Waals surface area contributed by atoms with Gasteiger partial charge >= 0.3 is 0 Å². The first-order valence-corrected chi connectivity index (χ1v) is 6.11. The van der Waals surface area contributed by atoms with E-state index in [4.69, 9.17) is 0 Å². The van der Waals surface area contributed by atoms with Gasteiger partial charge in [0.05, 0.1) is 5.92 Å². The van der Waals surface area contributed by atoms with Crippen LogP contribution in [0, 0.1) is 23.5 Å². The van der Waals surface area contributed by atoms with E-state index in [1.807, 2.05) is 0 Å². The number of nitrogens with one attached hydrogen (secondary N) is 1. The van der Waals surface area contributed by atoms with Gasteiger partial charge in [0, 0.05) is 23.6 Å². The minimum Gasteiger partial charge on any atom is -0.550 e. The Balaban J connectivity index is 2.12. The molecule has 106 valence electrons. The number of hydrogen-bond acceptors (Lipinski definition) is 3. The molecule has 1 aromatic carbocycles. The van der Waals surface area contributed by atoms with Gasteiger partial charge < -0.3 is 15.2 Å². The van der Waals surface area contributed by atoms with Crippen LogP contribution in [0.25, 0.3) is 0 Å². The van der Waals surface area contributed by atoms with Crippen LogP contribution in [0.1, 0.15) is 12.8 Å². The molecule has 0 saturated carbocycles. The van der Waals surface area contributed by atoms with Crippen molar-refractivity contribution in [3.05, 3.63) is 42.0 Å². The smallest absolute Gasteiger partial charge is 0.228 e. The summed E-state index contributed by atoms with van der Waals surface area (Å²) >= 11 is 0. The number of carboxylic acids is 1. The minimum atomic E-state index is -1.29. The second-order valence-corrected chi connectivity index (χ2v) is 4.59. The Labute approximate surface area is 114 Å². The Hall–Kier alpha value is -2.24. The number of carbonyl (C=O) groups excluding carboxylic acids is 2. The zero-order valence-electron chi connectivity index (χ0n) is 10.4. The van der Waals surface area contributed by atoms with Crippen molar-refractivity contribution in [2.45, 2.75) is 12.8 Å². The van der Waals surface area contributed by atoms with E-state index < -0.39 is 35.3 Å². The average Bonchev–Trinajstić information content (AvgIpc) is 2.43. The topological polar surface area (TPSA) is 69.2 Å². The highest BCUT2D eigenvalue weighted by atomic mass is 19.2. The van der Waals surface area contributed by atoms with Crippen LogP contribution < -0.4 is 10.4 Å². The zero-order valence-corrected chi connectivity index (χ0v) is 10.4. The van der Waals surface area contributed by atoms with Gasteiger partial charge in [0.2, 0.25) is 5.91 Å². The largest absolute Gasteiger partial charge is 0.550 e. The number of rotatable bonds is 3. The molecule has 1 aromatic rings. The Morgan fingerprint density at radius 2 is 1.75 bits per heavy atom. The van der Waals surface area contributed by atoms with Gasteiger partial charge in [-0.15, -0.1) is 0 Å². The first kappa shape index (κ1) is 14.2. The monoisotopic (exact) mass is 280 g/mol. The third kappa shape index (κ3) is 3.01. The third-order valence-electron chi connectivity index (χ3n) is 3.26. The molecule has 2 atom stereocenters. The van der Waals surface area contributed by atoms with E-state index in [2.05, 4.69) is 5.32 Å². The summed E-state index contributed by atoms with van der Waals surface area (Å²) in [5, 5.41) is 13.4. The molecule has 0 aromatic heterocycles. The van der Waals surface area contributed by atoms with Crippen LogP contribution in [0.15, 0.2) is 30.4 Å². The standard InChI is InChI=1S/C14H13F2NO3/c15-11-6-5-8(7-12(11)16)17-13(18)9-3-1-2-4-10(9)14(19)20/h1-2,5-7,9-10H,3-4H2,(H,17,18)(H,19,20)/p-1/t9-,10-/m1/s1. The van der Waals surface area contributed by atoms with Gasteiger partial charge in [0.1, 0.15) is 0 Å². The number of anilines is 1. The number of aliphatic carboxylic acids is 1. The van der Waals surface area contributed by atoms with Gasteiger partial charge in [-0.3, -0.25) is 4.79 Å². The van der Waals surface area contributed by atoms with E-state index in [0.29, 0.717) is 0 Å². The summed E-state index contributed by atoms with van der Waals surface area (Å²) in [4.78, 5) is 23.0. The van der Waals surface area contributed by atoms with Crippen molar-refractivity contribution in [2.24, 2.45) is 11.8 Å². The second-order valence-electron chi connectivity index (χ2n) is 4.59. The fraction of sp³-hybridized carbons (Fsp3) is 0.286. The Bertz CT molecular complexity index is 572. The molecule has 1 amide bonds. The average molecular weight is 280 g/mol. The van der Waals surface area contributed by atoms with Gasteiger partial charge in [-0.1, -0.05) is 12.2 Å². The molecule has 0 heterocycles. The molecule has 6 heteroatoms. The van der Waals surface area contributed by atoms with E-state index >= 15 is 0 Å². The lowest BCUT2D eigenvalue weighted by atomic mass is 9.82. The quantitative estimate of drug-likeness (QED) is 0.847. The summed E-state index contributed by atoms with van der Waals surface area (Å²) in [6.07, 6.45) is 3.89. The predicted octanol–water partition coefficient (Wildman–Crippen LogP) is 1.24. The van der Waals surface area contributed by atoms with Crippen LogP contribution in [0.4, 0.5) is 14.5 Å². The molecule has 4 nitrogen and oxygen atoms in total. The Morgan fingerprint density at radius 3 is 2.35 bits per heavy atom. The molecular weight excluding hydrogens is 268 g/mol. The van der Waals surface area contributed by atoms with Crippen molar-refractivity contribution in [1.29, 1.82) is 0 Å². The summed E-state index contributed by atoms with van der Waals surface area (Å²) in [5.74, 6) is -5.63. The van der Waals surface area contributed by atoms with E-state index in [-0.39, 0.29) is 18.5 Å². The third-order valence-corrected chi connectivity index (χ3v) is 3.26. The van der Waals surface area contributed by atoms with Crippen molar-refractivity contribution >= 4 is 17.6 Å². The number of amides is 1. The highest BCUT2D eigenvalue weighted by Gasteiger charge is 2.29. The van der Waals surface area contributed by atoms with Crippen LogP contribution in [0.2, 0.25) is 0 Å². The number of carboxylic acid groups (broad SMARTS) is 1. The summed E-state index contributed by atoms with van der Waals surface area (Å²) in [5.41, 5.74) is 0.0838. The van der Waals surface area contributed by atoms with E-state index in [9.17, 15) is 23.5 Å². The molecule has 1 aliphatic carbocycles. The van der Waals surface area contributed by atoms with Crippen LogP contribution in [0.3, 0.4) is 0 Å². The number of carbonyl (C=O) groups is 2. The SMILES string of the molecule is O=C([O-])[C@@H]1CC=CC[C@H]1C(=O)Nc1ccc(F)c(F)c1. The molecule has 0 aliphatic heterocycles. The lowest BCUT2D eigenvalue weighted by Crippen LogP contribution is -2.41. The van der Waals surface area contributed by atoms with Gasteiger partial charge in [-0.2, -0.15) is 0 Å². The fourth-order valence-corrected chi connectivity index (χ4v) is 2.17. The van der Waals surface area contributed by atoms with Gasteiger partial charge in [-0.05, 0) is 25.0 Å². The first-order valence-electron chi connectivity index (χ1n) is 6.11. The van der Waals surface area contributed by atoms with Crippen molar-refractivity contribution < 1.29 is 23.5 Å². The molecule has 0 unspecified atom stereocenters. The second kappa shape index (κ2) is 5.81. The van der Waals surface area contributed by atoms with E-state index in [0.717, 1.165) is 12.1 Å². The summed E-state index contributed by atoms with van der Waals surface area (Å²) in [6.45, 7) is 0. The van der Waals surface area contributed by atoms with Gasteiger partial charge in [0.25, 0.3) is 0 Å². The van der Waals surface area contributed by atoms with Crippen molar-refractivity contribution in [3.8, 4) is 0 Å². The lowest BCUT2D eigenvalue weighted by Gasteiger charge is -2.28. The van der Waals surface area contributed by atoms with E-state index in [1.165, 1.54) is 6.07 Å². The highest BCUT2D eigenvalue weighted by molar-refractivity contribution is 5.95. The summed E-state index contributed by atoms with van der Waals surface area (Å²) in [6, 6.07) is 2.95. The van der Waals surface area contributed by atoms with Crippen molar-refractivity contribution in [3.63, 3.8) is 0 Å². The molecule has 20 heavy (non-hydrogen) atoms. The molecule has 0 radical (unpaired) electrons. The Kier molecular flexibility index (Phi) is 4.12. The minimum absolute atomic E-state index is 0.0838. The number of benzene rings is 1. The number of hydrogen-bond donors (Lipinski definition) is 1. The van der Waals surface area contributed by atoms with Crippen LogP contribution in [0.5, 0.6) is 0 Å². The predicted molar refractivity (Wildman–Crippen MR) is 65.3 cm³/mol. The molecule has 0 spiro atoms. The first-order chi connectivity index (χ1) is 9.49. The maximum atomic E-state index is 13.0. The van der Waals surface area contributed by atoms with Crippen LogP contribution in [-0.4, -0.2) is 11.9 Å². The molecule has 0 bridgehead atoms. The van der Waals surface area contributed by atoms with Gasteiger partial charge in [-0.25, -0.2) is 8.78 Å². The molecular formula is C14H12F2NO3-. The molecule has 1 N–H and O–H groups in total. The Morgan fingerprint density at radius 1 is 1.10 bits per heavy atom. The number of halogens is 2. The lowest BCUT2D eigenvalue weighted by molar-refractivity contribution is -0.313. The van der Waals surface area contributed by atoms with Crippen molar-refractivity contribution in [1.82, 2.24) is 0 Å². The summed E-state index contributed by atoms with van der Waals surface area (Å²) < 4.78 is 25.8. The number of allylic oxidation sites excluding steroid dienone is 2. The zero-order chi connectivity index (χ0) is 14.7. The molecule has 1 aliphatic rings. The van der Waals surface area contributed by atoms with E-state index in [1.54, 1.807) is 12.2 Å². The molecule has 0 saturated heterocycles. The molecule has 2 rings (SSSR count). The molecule has 0 fully saturated rings. The fourth-order valence-electron chi connectivity index (χ4n) is 2.17.